The molecule has 3 heteroatoms. The van der Waals surface area contributed by atoms with E-state index in [2.05, 4.69) is 13.8 Å². The van der Waals surface area contributed by atoms with E-state index < -0.39 is 8.03 Å². The standard InChI is InChI=1S/C4H10.C3H5O2P/c1-3-4-2;1-2-3-6(4)5/h3-4H2,1-2H3;2-3H,1H3/p+1/b;3-2+. The van der Waals surface area contributed by atoms with Crippen LogP contribution in [0.4, 0.5) is 0 Å². The molecule has 0 radical (unpaired) electrons. The van der Waals surface area contributed by atoms with E-state index in [4.69, 9.17) is 4.89 Å². The van der Waals surface area contributed by atoms with Gasteiger partial charge < -0.3 is 0 Å². The smallest absolute Gasteiger partial charge is 0.157 e. The van der Waals surface area contributed by atoms with Crippen LogP contribution in [-0.2, 0) is 4.57 Å². The molecule has 1 N–H and O–H groups in total. The third-order valence-electron chi connectivity index (χ3n) is 0.777. The molecule has 1 unspecified atom stereocenters. The van der Waals surface area contributed by atoms with Crippen molar-refractivity contribution in [3.63, 3.8) is 0 Å². The summed E-state index contributed by atoms with van der Waals surface area (Å²) in [5.41, 5.74) is 0. The van der Waals surface area contributed by atoms with Gasteiger partial charge in [0.2, 0.25) is 0 Å². The lowest BCUT2D eigenvalue weighted by molar-refractivity contribution is 0.512. The maximum absolute atomic E-state index is 9.66. The van der Waals surface area contributed by atoms with Crippen LogP contribution in [0, 0.1) is 0 Å². The summed E-state index contributed by atoms with van der Waals surface area (Å²) in [6, 6.07) is 0. The van der Waals surface area contributed by atoms with Crippen molar-refractivity contribution >= 4 is 8.03 Å². The first kappa shape index (κ1) is 12.5. The van der Waals surface area contributed by atoms with Gasteiger partial charge in [-0.1, -0.05) is 26.7 Å². The Kier molecular flexibility index (Phi) is 14.4. The molecule has 0 spiro atoms. The lowest BCUT2D eigenvalue weighted by atomic mass is 10.4. The zero-order chi connectivity index (χ0) is 8.41. The Morgan fingerprint density at radius 3 is 1.80 bits per heavy atom. The van der Waals surface area contributed by atoms with Gasteiger partial charge in [-0.3, -0.25) is 0 Å². The molecule has 0 amide bonds. The average molecular weight is 163 g/mol. The number of unbranched alkanes of at least 4 members (excludes halogenated alkanes) is 1. The van der Waals surface area contributed by atoms with Crippen molar-refractivity contribution < 1.29 is 9.46 Å². The van der Waals surface area contributed by atoms with Gasteiger partial charge in [-0.25, -0.2) is 0 Å². The van der Waals surface area contributed by atoms with E-state index >= 15 is 0 Å². The minimum Gasteiger partial charge on any atom is -0.157 e. The predicted octanol–water partition coefficient (Wildman–Crippen LogP) is 3.06. The maximum Gasteiger partial charge on any atom is 0.537 e. The molecular formula is C7H16O2P+. The number of allylic oxidation sites excluding steroid dienone is 1. The predicted molar refractivity (Wildman–Crippen MR) is 45.2 cm³/mol. The molecular weight excluding hydrogens is 147 g/mol. The zero-order valence-corrected chi connectivity index (χ0v) is 7.77. The van der Waals surface area contributed by atoms with Crippen molar-refractivity contribution in [1.29, 1.82) is 0 Å². The molecule has 60 valence electrons. The Bertz CT molecular complexity index is 97.8. The number of hydrogen-bond acceptors (Lipinski definition) is 1. The largest absolute Gasteiger partial charge is 0.537 e. The molecule has 0 rings (SSSR count). The summed E-state index contributed by atoms with van der Waals surface area (Å²) >= 11 is 0. The van der Waals surface area contributed by atoms with Gasteiger partial charge in [0.1, 0.15) is 0 Å². The van der Waals surface area contributed by atoms with Crippen LogP contribution in [0.15, 0.2) is 11.9 Å². The summed E-state index contributed by atoms with van der Waals surface area (Å²) < 4.78 is 9.66. The van der Waals surface area contributed by atoms with Gasteiger partial charge in [0.25, 0.3) is 0 Å². The van der Waals surface area contributed by atoms with E-state index in [-0.39, 0.29) is 0 Å². The monoisotopic (exact) mass is 163 g/mol. The van der Waals surface area contributed by atoms with Crippen LogP contribution >= 0.6 is 8.03 Å². The van der Waals surface area contributed by atoms with Crippen molar-refractivity contribution in [3.8, 4) is 0 Å². The topological polar surface area (TPSA) is 37.3 Å². The van der Waals surface area contributed by atoms with Crippen LogP contribution in [0.5, 0.6) is 0 Å². The Morgan fingerprint density at radius 2 is 1.80 bits per heavy atom. The van der Waals surface area contributed by atoms with E-state index in [1.54, 1.807) is 13.0 Å². The van der Waals surface area contributed by atoms with Gasteiger partial charge in [-0.15, -0.1) is 0 Å². The normalized spacial score (nSPS) is 10.6. The maximum atomic E-state index is 9.66. The highest BCUT2D eigenvalue weighted by Gasteiger charge is 1.96. The van der Waals surface area contributed by atoms with E-state index in [0.29, 0.717) is 0 Å². The third kappa shape index (κ3) is 25.0. The highest BCUT2D eigenvalue weighted by molar-refractivity contribution is 7.41. The first-order chi connectivity index (χ1) is 4.68. The molecule has 0 aliphatic rings. The second kappa shape index (κ2) is 11.6. The molecule has 1 atom stereocenters. The molecule has 0 aliphatic heterocycles. The molecule has 0 bridgehead atoms. The van der Waals surface area contributed by atoms with Gasteiger partial charge in [0.05, 0.1) is 0 Å². The highest BCUT2D eigenvalue weighted by atomic mass is 31.1. The summed E-state index contributed by atoms with van der Waals surface area (Å²) in [6.07, 6.45) is 4.18. The van der Waals surface area contributed by atoms with Crippen LogP contribution in [0.2, 0.25) is 0 Å². The van der Waals surface area contributed by atoms with Crippen LogP contribution in [0.3, 0.4) is 0 Å². The van der Waals surface area contributed by atoms with Crippen LogP contribution < -0.4 is 0 Å². The second-order valence-corrected chi connectivity index (χ2v) is 2.69. The van der Waals surface area contributed by atoms with E-state index in [1.807, 2.05) is 0 Å². The molecule has 0 saturated carbocycles. The van der Waals surface area contributed by atoms with E-state index in [9.17, 15) is 4.57 Å². The summed E-state index contributed by atoms with van der Waals surface area (Å²) in [5.74, 6) is 1.23. The molecule has 2 nitrogen and oxygen atoms in total. The highest BCUT2D eigenvalue weighted by Crippen LogP contribution is 2.12. The lowest BCUT2D eigenvalue weighted by Crippen LogP contribution is -1.47. The molecule has 0 heterocycles. The molecule has 0 aromatic rings. The number of rotatable bonds is 2. The fraction of sp³-hybridized carbons (Fsp3) is 0.714. The zero-order valence-electron chi connectivity index (χ0n) is 6.87. The van der Waals surface area contributed by atoms with Crippen LogP contribution in [0.1, 0.15) is 33.6 Å². The third-order valence-corrected chi connectivity index (χ3v) is 1.33. The van der Waals surface area contributed by atoms with Gasteiger partial charge in [-0.05, 0) is 17.6 Å². The van der Waals surface area contributed by atoms with Gasteiger partial charge in [-0.2, -0.15) is 4.89 Å². The fourth-order valence-corrected chi connectivity index (χ4v) is 0.383. The fourth-order valence-electron chi connectivity index (χ4n) is 0.128. The molecule has 10 heavy (non-hydrogen) atoms. The van der Waals surface area contributed by atoms with Crippen molar-refractivity contribution in [2.75, 3.05) is 0 Å². The Hall–Kier alpha value is -0.200. The van der Waals surface area contributed by atoms with Crippen molar-refractivity contribution in [2.24, 2.45) is 0 Å². The van der Waals surface area contributed by atoms with Gasteiger partial charge in [0, 0.05) is 0 Å². The quantitative estimate of drug-likeness (QED) is 0.635. The molecule has 0 aromatic carbocycles. The van der Waals surface area contributed by atoms with Gasteiger partial charge in [0.15, 0.2) is 5.82 Å². The SMILES string of the molecule is C/C=C/[P+](=O)O.CCCC. The molecule has 0 saturated heterocycles. The van der Waals surface area contributed by atoms with E-state index in [0.717, 1.165) is 0 Å². The van der Waals surface area contributed by atoms with Crippen LogP contribution in [0.25, 0.3) is 0 Å². The Labute approximate surface area is 63.8 Å². The van der Waals surface area contributed by atoms with Crippen LogP contribution in [-0.4, -0.2) is 4.89 Å². The summed E-state index contributed by atoms with van der Waals surface area (Å²) in [7, 11) is -2.03. The first-order valence-corrected chi connectivity index (χ1v) is 4.75. The Balaban J connectivity index is 0. The summed E-state index contributed by atoms with van der Waals surface area (Å²) in [4.78, 5) is 7.97. The van der Waals surface area contributed by atoms with E-state index in [1.165, 1.54) is 18.7 Å². The van der Waals surface area contributed by atoms with Crippen molar-refractivity contribution in [3.05, 3.63) is 11.9 Å². The molecule has 0 fully saturated rings. The number of hydrogen-bond donors (Lipinski definition) is 1. The summed E-state index contributed by atoms with van der Waals surface area (Å²) in [6.45, 7) is 6.06. The summed E-state index contributed by atoms with van der Waals surface area (Å²) in [5, 5.41) is 0. The lowest BCUT2D eigenvalue weighted by Gasteiger charge is -1.68. The van der Waals surface area contributed by atoms with Crippen molar-refractivity contribution in [2.45, 2.75) is 33.6 Å². The second-order valence-electron chi connectivity index (χ2n) is 1.78. The molecule has 0 aromatic heterocycles. The van der Waals surface area contributed by atoms with Gasteiger partial charge >= 0.3 is 8.03 Å². The van der Waals surface area contributed by atoms with Crippen molar-refractivity contribution in [1.82, 2.24) is 0 Å². The molecule has 0 aliphatic carbocycles. The average Bonchev–Trinajstić information content (AvgIpc) is 1.89. The minimum absolute atomic E-state index is 1.23. The Morgan fingerprint density at radius 1 is 1.40 bits per heavy atom. The minimum atomic E-state index is -2.03. The first-order valence-electron chi connectivity index (χ1n) is 3.47.